The van der Waals surface area contributed by atoms with Crippen LogP contribution in [0.15, 0.2) is 18.2 Å². The lowest BCUT2D eigenvalue weighted by Crippen LogP contribution is -2.35. The molecule has 0 bridgehead atoms. The number of hydrogen-bond acceptors (Lipinski definition) is 5. The Labute approximate surface area is 131 Å². The largest absolute Gasteiger partial charge is 0.432 e. The lowest BCUT2D eigenvalue weighted by Gasteiger charge is -2.31. The summed E-state index contributed by atoms with van der Waals surface area (Å²) in [6.45, 7) is -2.41. The van der Waals surface area contributed by atoms with Gasteiger partial charge in [0.1, 0.15) is 0 Å². The maximum atomic E-state index is 12.5. The van der Waals surface area contributed by atoms with Crippen molar-refractivity contribution in [3.8, 4) is 5.75 Å². The second-order valence-corrected chi connectivity index (χ2v) is 5.93. The molecule has 1 saturated heterocycles. The number of hydrogen-bond donors (Lipinski definition) is 1. The molecule has 23 heavy (non-hydrogen) atoms. The number of benzene rings is 1. The van der Waals surface area contributed by atoms with E-state index in [1.807, 2.05) is 0 Å². The van der Waals surface area contributed by atoms with Gasteiger partial charge in [0, 0.05) is 18.7 Å². The van der Waals surface area contributed by atoms with Crippen molar-refractivity contribution in [1.29, 1.82) is 0 Å². The quantitative estimate of drug-likeness (QED) is 0.638. The minimum absolute atomic E-state index is 0.0795. The molecule has 3 rings (SSSR count). The minimum Gasteiger partial charge on any atom is -0.432 e. The van der Waals surface area contributed by atoms with E-state index in [0.29, 0.717) is 18.2 Å². The van der Waals surface area contributed by atoms with Crippen LogP contribution >= 0.6 is 0 Å². The van der Waals surface area contributed by atoms with Gasteiger partial charge in [0.25, 0.3) is 5.69 Å². The number of nitrogens with zero attached hydrogens (tertiary/aromatic N) is 1. The van der Waals surface area contributed by atoms with E-state index in [0.717, 1.165) is 18.9 Å². The molecule has 1 N–H and O–H groups in total. The summed E-state index contributed by atoms with van der Waals surface area (Å²) in [6.07, 6.45) is 4.12. The van der Waals surface area contributed by atoms with Crippen LogP contribution in [0.25, 0.3) is 0 Å². The van der Waals surface area contributed by atoms with E-state index in [1.54, 1.807) is 0 Å². The van der Waals surface area contributed by atoms with Gasteiger partial charge < -0.3 is 14.8 Å². The predicted molar refractivity (Wildman–Crippen MR) is 78.8 cm³/mol. The normalized spacial score (nSPS) is 24.5. The number of nitrogens with one attached hydrogen (secondary N) is 1. The molecule has 2 aliphatic rings. The highest BCUT2D eigenvalue weighted by atomic mass is 19.3. The Kier molecular flexibility index (Phi) is 4.61. The highest BCUT2D eigenvalue weighted by molar-refractivity contribution is 5.61. The van der Waals surface area contributed by atoms with Gasteiger partial charge >= 0.3 is 6.61 Å². The number of nitro benzene ring substituents is 1. The van der Waals surface area contributed by atoms with Gasteiger partial charge in [-0.15, -0.1) is 0 Å². The zero-order chi connectivity index (χ0) is 16.4. The first kappa shape index (κ1) is 15.9. The van der Waals surface area contributed by atoms with Gasteiger partial charge in [-0.2, -0.15) is 8.78 Å². The Morgan fingerprint density at radius 2 is 2.13 bits per heavy atom. The molecule has 0 aromatic heterocycles. The molecule has 0 radical (unpaired) electrons. The second kappa shape index (κ2) is 6.66. The number of anilines is 1. The fourth-order valence-electron chi connectivity index (χ4n) is 2.91. The van der Waals surface area contributed by atoms with Crippen molar-refractivity contribution in [3.63, 3.8) is 0 Å². The molecule has 1 aliphatic heterocycles. The molecule has 1 saturated carbocycles. The molecule has 2 unspecified atom stereocenters. The van der Waals surface area contributed by atoms with Crippen LogP contribution in [0.3, 0.4) is 0 Å². The summed E-state index contributed by atoms with van der Waals surface area (Å²) < 4.78 is 35.3. The number of nitro groups is 1. The predicted octanol–water partition coefficient (Wildman–Crippen LogP) is 3.57. The Bertz CT molecular complexity index is 581. The van der Waals surface area contributed by atoms with E-state index < -0.39 is 11.5 Å². The van der Waals surface area contributed by atoms with Gasteiger partial charge in [0.2, 0.25) is 0 Å². The van der Waals surface area contributed by atoms with Crippen LogP contribution in [0.2, 0.25) is 0 Å². The molecule has 6 nitrogen and oxygen atoms in total. The molecule has 1 aliphatic carbocycles. The maximum absolute atomic E-state index is 12.5. The van der Waals surface area contributed by atoms with Gasteiger partial charge in [0.15, 0.2) is 5.75 Å². The molecule has 0 spiro atoms. The summed E-state index contributed by atoms with van der Waals surface area (Å²) in [4.78, 5) is 10.2. The molecule has 2 fully saturated rings. The standard InChI is InChI=1S/C15H18F2N2O4/c16-15(17)23-14-8-11(19(20)21)3-4-12(14)18-10-5-6-22-13(7-10)9-1-2-9/h3-4,8-10,13,15,18H,1-2,5-7H2. The van der Waals surface area contributed by atoms with Crippen molar-refractivity contribution in [3.05, 3.63) is 28.3 Å². The molecule has 8 heteroatoms. The van der Waals surface area contributed by atoms with Crippen molar-refractivity contribution >= 4 is 11.4 Å². The van der Waals surface area contributed by atoms with Crippen LogP contribution in [0.4, 0.5) is 20.2 Å². The third kappa shape index (κ3) is 4.07. The molecular formula is C15H18F2N2O4. The minimum atomic E-state index is -3.04. The summed E-state index contributed by atoms with van der Waals surface area (Å²) in [5.41, 5.74) is 0.0615. The number of rotatable bonds is 6. The molecule has 2 atom stereocenters. The zero-order valence-electron chi connectivity index (χ0n) is 12.4. The number of alkyl halides is 2. The molecule has 1 heterocycles. The van der Waals surface area contributed by atoms with E-state index in [9.17, 15) is 18.9 Å². The Balaban J connectivity index is 1.73. The highest BCUT2D eigenvalue weighted by Gasteiger charge is 2.36. The molecule has 126 valence electrons. The van der Waals surface area contributed by atoms with E-state index in [2.05, 4.69) is 10.1 Å². The summed E-state index contributed by atoms with van der Waals surface area (Å²) in [5.74, 6) is 0.400. The average molecular weight is 328 g/mol. The van der Waals surface area contributed by atoms with Gasteiger partial charge in [-0.3, -0.25) is 10.1 Å². The van der Waals surface area contributed by atoms with Crippen molar-refractivity contribution in [2.75, 3.05) is 11.9 Å². The van der Waals surface area contributed by atoms with Gasteiger partial charge in [0.05, 0.1) is 22.8 Å². The first-order valence-corrected chi connectivity index (χ1v) is 7.64. The molecule has 1 aromatic rings. The SMILES string of the molecule is O=[N+]([O-])c1ccc(NC2CCOC(C3CC3)C2)c(OC(F)F)c1. The van der Waals surface area contributed by atoms with E-state index in [1.165, 1.54) is 25.0 Å². The summed E-state index contributed by atoms with van der Waals surface area (Å²) >= 11 is 0. The van der Waals surface area contributed by atoms with Crippen molar-refractivity contribution in [2.24, 2.45) is 5.92 Å². The topological polar surface area (TPSA) is 73.6 Å². The summed E-state index contributed by atoms with van der Waals surface area (Å²) in [7, 11) is 0. The molecular weight excluding hydrogens is 310 g/mol. The second-order valence-electron chi connectivity index (χ2n) is 5.93. The van der Waals surface area contributed by atoms with E-state index in [4.69, 9.17) is 4.74 Å². The van der Waals surface area contributed by atoms with Crippen LogP contribution in [-0.4, -0.2) is 30.3 Å². The molecule has 1 aromatic carbocycles. The average Bonchev–Trinajstić information content (AvgIpc) is 3.33. The maximum Gasteiger partial charge on any atom is 0.387 e. The monoisotopic (exact) mass is 328 g/mol. The first-order chi connectivity index (χ1) is 11.0. The smallest absolute Gasteiger partial charge is 0.387 e. The third-order valence-corrected chi connectivity index (χ3v) is 4.21. The Morgan fingerprint density at radius 1 is 1.35 bits per heavy atom. The number of ether oxygens (including phenoxy) is 2. The van der Waals surface area contributed by atoms with E-state index >= 15 is 0 Å². The van der Waals surface area contributed by atoms with Gasteiger partial charge in [-0.05, 0) is 37.7 Å². The third-order valence-electron chi connectivity index (χ3n) is 4.21. The fraction of sp³-hybridized carbons (Fsp3) is 0.600. The van der Waals surface area contributed by atoms with E-state index in [-0.39, 0.29) is 23.6 Å². The van der Waals surface area contributed by atoms with Crippen LogP contribution in [0, 0.1) is 16.0 Å². The van der Waals surface area contributed by atoms with Crippen molar-refractivity contribution < 1.29 is 23.2 Å². The Hall–Kier alpha value is -1.96. The van der Waals surface area contributed by atoms with Crippen molar-refractivity contribution in [1.82, 2.24) is 0 Å². The first-order valence-electron chi connectivity index (χ1n) is 7.64. The number of non-ortho nitro benzene ring substituents is 1. The number of halogens is 2. The Morgan fingerprint density at radius 3 is 2.78 bits per heavy atom. The van der Waals surface area contributed by atoms with Gasteiger partial charge in [-0.1, -0.05) is 0 Å². The van der Waals surface area contributed by atoms with Crippen LogP contribution < -0.4 is 10.1 Å². The van der Waals surface area contributed by atoms with Gasteiger partial charge in [-0.25, -0.2) is 0 Å². The van der Waals surface area contributed by atoms with Crippen LogP contribution in [-0.2, 0) is 4.74 Å². The molecule has 0 amide bonds. The van der Waals surface area contributed by atoms with Crippen LogP contribution in [0.1, 0.15) is 25.7 Å². The van der Waals surface area contributed by atoms with Crippen LogP contribution in [0.5, 0.6) is 5.75 Å². The lowest BCUT2D eigenvalue weighted by molar-refractivity contribution is -0.385. The fourth-order valence-corrected chi connectivity index (χ4v) is 2.91. The van der Waals surface area contributed by atoms with Crippen molar-refractivity contribution in [2.45, 2.75) is 44.4 Å². The summed E-state index contributed by atoms with van der Waals surface area (Å²) in [6, 6.07) is 3.79. The summed E-state index contributed by atoms with van der Waals surface area (Å²) in [5, 5.41) is 14.0. The zero-order valence-corrected chi connectivity index (χ0v) is 12.4. The highest BCUT2D eigenvalue weighted by Crippen LogP contribution is 2.39. The lowest BCUT2D eigenvalue weighted by atomic mass is 9.99.